The molecule has 0 spiro atoms. The van der Waals surface area contributed by atoms with Crippen molar-refractivity contribution in [1.29, 1.82) is 0 Å². The summed E-state index contributed by atoms with van der Waals surface area (Å²) in [5.41, 5.74) is 7.55. The van der Waals surface area contributed by atoms with Gasteiger partial charge < -0.3 is 15.4 Å². The number of nitrogens with two attached hydrogens (primary N) is 1. The molecule has 2 N–H and O–H groups in total. The van der Waals surface area contributed by atoms with E-state index < -0.39 is 0 Å². The normalized spacial score (nSPS) is 25.8. The molecule has 2 heterocycles. The van der Waals surface area contributed by atoms with E-state index in [1.165, 1.54) is 0 Å². The van der Waals surface area contributed by atoms with Crippen molar-refractivity contribution in [2.24, 2.45) is 0 Å². The van der Waals surface area contributed by atoms with Gasteiger partial charge in [0.1, 0.15) is 5.82 Å². The van der Waals surface area contributed by atoms with E-state index in [9.17, 15) is 0 Å². The third-order valence-electron chi connectivity index (χ3n) is 2.79. The van der Waals surface area contributed by atoms with Gasteiger partial charge in [0, 0.05) is 13.1 Å². The first kappa shape index (κ1) is 11.2. The fourth-order valence-electron chi connectivity index (χ4n) is 2.27. The molecule has 4 heteroatoms. The Labute approximate surface area is 96.4 Å². The van der Waals surface area contributed by atoms with Crippen molar-refractivity contribution in [1.82, 2.24) is 4.98 Å². The molecule has 4 nitrogen and oxygen atoms in total. The minimum atomic E-state index is 0.252. The van der Waals surface area contributed by atoms with Gasteiger partial charge in [-0.2, -0.15) is 0 Å². The number of nitrogens with zero attached hydrogens (tertiary/aromatic N) is 2. The van der Waals surface area contributed by atoms with Crippen molar-refractivity contribution >= 4 is 11.5 Å². The van der Waals surface area contributed by atoms with Crippen LogP contribution in [0.3, 0.4) is 0 Å². The number of aromatic nitrogens is 1. The lowest BCUT2D eigenvalue weighted by molar-refractivity contribution is -0.00548. The quantitative estimate of drug-likeness (QED) is 0.782. The number of anilines is 2. The van der Waals surface area contributed by atoms with Crippen molar-refractivity contribution in [3.8, 4) is 0 Å². The second-order valence-corrected chi connectivity index (χ2v) is 4.57. The Hall–Kier alpha value is -1.29. The molecule has 1 saturated heterocycles. The third-order valence-corrected chi connectivity index (χ3v) is 2.79. The van der Waals surface area contributed by atoms with Gasteiger partial charge in [0.05, 0.1) is 24.1 Å². The molecule has 1 aromatic heterocycles. The molecule has 2 rings (SSSR count). The molecule has 0 aliphatic carbocycles. The van der Waals surface area contributed by atoms with E-state index in [2.05, 4.69) is 23.7 Å². The third kappa shape index (κ3) is 2.27. The van der Waals surface area contributed by atoms with Crippen molar-refractivity contribution in [3.05, 3.63) is 17.8 Å². The summed E-state index contributed by atoms with van der Waals surface area (Å²) in [6.07, 6.45) is 2.22. The number of morpholine rings is 1. The number of ether oxygens (including phenoxy) is 1. The molecular formula is C12H19N3O. The number of nitrogen functional groups attached to an aromatic ring is 1. The summed E-state index contributed by atoms with van der Waals surface area (Å²) in [5, 5.41) is 0. The van der Waals surface area contributed by atoms with Gasteiger partial charge in [0.15, 0.2) is 0 Å². The topological polar surface area (TPSA) is 51.4 Å². The highest BCUT2D eigenvalue weighted by molar-refractivity contribution is 5.53. The molecule has 0 saturated carbocycles. The van der Waals surface area contributed by atoms with Crippen LogP contribution in [0.2, 0.25) is 0 Å². The maximum Gasteiger partial charge on any atom is 0.131 e. The van der Waals surface area contributed by atoms with Crippen LogP contribution in [0.15, 0.2) is 12.3 Å². The lowest BCUT2D eigenvalue weighted by atomic mass is 10.2. The minimum absolute atomic E-state index is 0.252. The Morgan fingerprint density at radius 1 is 1.38 bits per heavy atom. The first-order chi connectivity index (χ1) is 7.56. The van der Waals surface area contributed by atoms with E-state index in [0.717, 1.165) is 30.2 Å². The fraction of sp³-hybridized carbons (Fsp3) is 0.583. The Balaban J connectivity index is 2.23. The van der Waals surface area contributed by atoms with E-state index in [0.29, 0.717) is 0 Å². The zero-order valence-electron chi connectivity index (χ0n) is 10.1. The first-order valence-electron chi connectivity index (χ1n) is 5.69. The zero-order chi connectivity index (χ0) is 11.7. The second-order valence-electron chi connectivity index (χ2n) is 4.57. The van der Waals surface area contributed by atoms with E-state index in [1.807, 2.05) is 13.0 Å². The summed E-state index contributed by atoms with van der Waals surface area (Å²) in [6, 6.07) is 1.97. The number of aryl methyl sites for hydroxylation is 1. The molecule has 0 aromatic carbocycles. The average Bonchev–Trinajstić information content (AvgIpc) is 2.15. The summed E-state index contributed by atoms with van der Waals surface area (Å²) >= 11 is 0. The van der Waals surface area contributed by atoms with Gasteiger partial charge in [-0.25, -0.2) is 4.98 Å². The highest BCUT2D eigenvalue weighted by atomic mass is 16.5. The summed E-state index contributed by atoms with van der Waals surface area (Å²) in [4.78, 5) is 6.69. The molecule has 0 bridgehead atoms. The SMILES string of the molecule is Cc1cc(N)cnc1N1C[C@H](C)O[C@@H](C)C1. The predicted octanol–water partition coefficient (Wildman–Crippen LogP) is 1.59. The second kappa shape index (κ2) is 4.29. The summed E-state index contributed by atoms with van der Waals surface area (Å²) in [7, 11) is 0. The monoisotopic (exact) mass is 221 g/mol. The molecule has 1 aromatic rings. The number of hydrogen-bond donors (Lipinski definition) is 1. The van der Waals surface area contributed by atoms with Gasteiger partial charge >= 0.3 is 0 Å². The number of rotatable bonds is 1. The van der Waals surface area contributed by atoms with Gasteiger partial charge in [-0.1, -0.05) is 0 Å². The fourth-order valence-corrected chi connectivity index (χ4v) is 2.27. The van der Waals surface area contributed by atoms with Crippen LogP contribution in [-0.2, 0) is 4.74 Å². The van der Waals surface area contributed by atoms with E-state index in [4.69, 9.17) is 10.5 Å². The highest BCUT2D eigenvalue weighted by Gasteiger charge is 2.23. The average molecular weight is 221 g/mol. The standard InChI is InChI=1S/C12H19N3O/c1-8-4-11(13)5-14-12(8)15-6-9(2)16-10(3)7-15/h4-5,9-10H,6-7,13H2,1-3H3/t9-,10-/m0/s1. The van der Waals surface area contributed by atoms with Crippen molar-refractivity contribution in [2.45, 2.75) is 33.0 Å². The molecule has 16 heavy (non-hydrogen) atoms. The van der Waals surface area contributed by atoms with Crippen molar-refractivity contribution in [3.63, 3.8) is 0 Å². The van der Waals surface area contributed by atoms with Crippen LogP contribution in [-0.4, -0.2) is 30.3 Å². The van der Waals surface area contributed by atoms with Crippen LogP contribution < -0.4 is 10.6 Å². The Kier molecular flexibility index (Phi) is 3.01. The molecule has 2 atom stereocenters. The summed E-state index contributed by atoms with van der Waals surface area (Å²) in [6.45, 7) is 8.01. The maximum atomic E-state index is 5.71. The van der Waals surface area contributed by atoms with E-state index in [1.54, 1.807) is 6.20 Å². The predicted molar refractivity (Wildman–Crippen MR) is 65.6 cm³/mol. The lowest BCUT2D eigenvalue weighted by Gasteiger charge is -2.36. The number of hydrogen-bond acceptors (Lipinski definition) is 4. The van der Waals surface area contributed by atoms with Gasteiger partial charge in [-0.3, -0.25) is 0 Å². The van der Waals surface area contributed by atoms with Crippen LogP contribution in [0, 0.1) is 6.92 Å². The minimum Gasteiger partial charge on any atom is -0.397 e. The van der Waals surface area contributed by atoms with Gasteiger partial charge in [0.25, 0.3) is 0 Å². The van der Waals surface area contributed by atoms with Crippen LogP contribution in [0.5, 0.6) is 0 Å². The molecule has 0 radical (unpaired) electrons. The van der Waals surface area contributed by atoms with Crippen LogP contribution in [0.1, 0.15) is 19.4 Å². The molecular weight excluding hydrogens is 202 g/mol. The summed E-state index contributed by atoms with van der Waals surface area (Å²) < 4.78 is 5.71. The number of pyridine rings is 1. The zero-order valence-corrected chi connectivity index (χ0v) is 10.1. The Bertz CT molecular complexity index is 371. The smallest absolute Gasteiger partial charge is 0.131 e. The lowest BCUT2D eigenvalue weighted by Crippen LogP contribution is -2.46. The molecule has 1 fully saturated rings. The van der Waals surface area contributed by atoms with Gasteiger partial charge in [-0.15, -0.1) is 0 Å². The molecule has 0 unspecified atom stereocenters. The molecule has 1 aliphatic heterocycles. The van der Waals surface area contributed by atoms with E-state index in [-0.39, 0.29) is 12.2 Å². The highest BCUT2D eigenvalue weighted by Crippen LogP contribution is 2.22. The Morgan fingerprint density at radius 2 is 2.00 bits per heavy atom. The summed E-state index contributed by atoms with van der Waals surface area (Å²) in [5.74, 6) is 1.02. The molecule has 0 amide bonds. The van der Waals surface area contributed by atoms with Crippen molar-refractivity contribution < 1.29 is 4.74 Å². The first-order valence-corrected chi connectivity index (χ1v) is 5.69. The van der Waals surface area contributed by atoms with Crippen LogP contribution in [0.4, 0.5) is 11.5 Å². The maximum absolute atomic E-state index is 5.71. The van der Waals surface area contributed by atoms with Crippen LogP contribution >= 0.6 is 0 Å². The largest absolute Gasteiger partial charge is 0.397 e. The van der Waals surface area contributed by atoms with Crippen LogP contribution in [0.25, 0.3) is 0 Å². The van der Waals surface area contributed by atoms with Crippen molar-refractivity contribution in [2.75, 3.05) is 23.7 Å². The molecule has 1 aliphatic rings. The van der Waals surface area contributed by atoms with Gasteiger partial charge in [0.2, 0.25) is 0 Å². The Morgan fingerprint density at radius 3 is 2.56 bits per heavy atom. The molecule has 88 valence electrons. The van der Waals surface area contributed by atoms with E-state index >= 15 is 0 Å². The van der Waals surface area contributed by atoms with Gasteiger partial charge in [-0.05, 0) is 32.4 Å².